The molecule has 3 aromatic carbocycles. The van der Waals surface area contributed by atoms with Crippen LogP contribution in [0.25, 0.3) is 0 Å². The Morgan fingerprint density at radius 3 is 2.26 bits per heavy atom. The maximum Gasteiger partial charge on any atom is 0.265 e. The standard InChI is InChI=1S/C25H25ClN2O3/c1-16-13-20(14-17(2)23(16)26)31-18(3)24(29)28-22-12-8-7-11-21(22)25(30)27-15-19-9-5-4-6-10-19/h4-14,18H,15H2,1-3H3,(H,27,30)(H,28,29)/t18-/m0/s1. The number of rotatable bonds is 7. The number of anilines is 1. The number of aryl methyl sites for hydroxylation is 2. The molecule has 3 rings (SSSR count). The van der Waals surface area contributed by atoms with Crippen LogP contribution in [0.5, 0.6) is 5.75 Å². The summed E-state index contributed by atoms with van der Waals surface area (Å²) >= 11 is 6.20. The molecule has 0 spiro atoms. The van der Waals surface area contributed by atoms with Gasteiger partial charge < -0.3 is 15.4 Å². The third kappa shape index (κ3) is 5.86. The van der Waals surface area contributed by atoms with Crippen molar-refractivity contribution in [1.29, 1.82) is 0 Å². The van der Waals surface area contributed by atoms with Crippen molar-refractivity contribution < 1.29 is 14.3 Å². The van der Waals surface area contributed by atoms with Crippen LogP contribution in [0.3, 0.4) is 0 Å². The molecule has 3 aromatic rings. The van der Waals surface area contributed by atoms with E-state index in [-0.39, 0.29) is 11.8 Å². The number of benzene rings is 3. The molecule has 0 aliphatic heterocycles. The average molecular weight is 437 g/mol. The molecule has 0 fully saturated rings. The van der Waals surface area contributed by atoms with Gasteiger partial charge in [0.2, 0.25) is 0 Å². The van der Waals surface area contributed by atoms with Gasteiger partial charge >= 0.3 is 0 Å². The highest BCUT2D eigenvalue weighted by molar-refractivity contribution is 6.32. The van der Waals surface area contributed by atoms with Crippen molar-refractivity contribution in [3.8, 4) is 5.75 Å². The molecular weight excluding hydrogens is 412 g/mol. The fourth-order valence-electron chi connectivity index (χ4n) is 3.13. The number of hydrogen-bond acceptors (Lipinski definition) is 3. The second kappa shape index (κ2) is 10.1. The van der Waals surface area contributed by atoms with Gasteiger partial charge in [-0.25, -0.2) is 0 Å². The molecule has 2 N–H and O–H groups in total. The largest absolute Gasteiger partial charge is 0.481 e. The first-order chi connectivity index (χ1) is 14.8. The third-order valence-corrected chi connectivity index (χ3v) is 5.41. The Kier molecular flexibility index (Phi) is 7.32. The van der Waals surface area contributed by atoms with Gasteiger partial charge in [-0.3, -0.25) is 9.59 Å². The molecule has 0 aliphatic carbocycles. The summed E-state index contributed by atoms with van der Waals surface area (Å²) in [5, 5.41) is 6.36. The van der Waals surface area contributed by atoms with Crippen molar-refractivity contribution in [3.05, 3.63) is 94.0 Å². The molecule has 31 heavy (non-hydrogen) atoms. The number of nitrogens with one attached hydrogen (secondary N) is 2. The predicted octanol–water partition coefficient (Wildman–Crippen LogP) is 5.29. The second-order valence-corrected chi connectivity index (χ2v) is 7.71. The molecule has 1 atom stereocenters. The molecule has 2 amide bonds. The fraction of sp³-hybridized carbons (Fsp3) is 0.200. The molecule has 0 bridgehead atoms. The van der Waals surface area contributed by atoms with Crippen LogP contribution in [0.1, 0.15) is 34.0 Å². The van der Waals surface area contributed by atoms with E-state index in [2.05, 4.69) is 10.6 Å². The van der Waals surface area contributed by atoms with E-state index in [0.29, 0.717) is 28.6 Å². The molecule has 0 radical (unpaired) electrons. The van der Waals surface area contributed by atoms with Gasteiger partial charge in [-0.05, 0) is 61.7 Å². The normalized spacial score (nSPS) is 11.5. The molecule has 0 aliphatic rings. The van der Waals surface area contributed by atoms with Crippen LogP contribution in [0.15, 0.2) is 66.7 Å². The van der Waals surface area contributed by atoms with Crippen molar-refractivity contribution in [1.82, 2.24) is 5.32 Å². The molecule has 0 heterocycles. The van der Waals surface area contributed by atoms with E-state index in [4.69, 9.17) is 16.3 Å². The minimum absolute atomic E-state index is 0.266. The number of hydrogen-bond donors (Lipinski definition) is 2. The molecule has 0 unspecified atom stereocenters. The summed E-state index contributed by atoms with van der Waals surface area (Å²) in [6, 6.07) is 20.1. The summed E-state index contributed by atoms with van der Waals surface area (Å²) in [5.74, 6) is -0.0539. The Morgan fingerprint density at radius 1 is 0.968 bits per heavy atom. The summed E-state index contributed by atoms with van der Waals surface area (Å²) in [4.78, 5) is 25.4. The SMILES string of the molecule is Cc1cc(O[C@@H](C)C(=O)Nc2ccccc2C(=O)NCc2ccccc2)cc(C)c1Cl. The average Bonchev–Trinajstić information content (AvgIpc) is 2.76. The third-order valence-electron chi connectivity index (χ3n) is 4.82. The van der Waals surface area contributed by atoms with E-state index in [0.717, 1.165) is 16.7 Å². The summed E-state index contributed by atoms with van der Waals surface area (Å²) in [6.07, 6.45) is -0.764. The van der Waals surface area contributed by atoms with Crippen LogP contribution in [0.2, 0.25) is 5.02 Å². The second-order valence-electron chi connectivity index (χ2n) is 7.33. The highest BCUT2D eigenvalue weighted by atomic mass is 35.5. The lowest BCUT2D eigenvalue weighted by molar-refractivity contribution is -0.122. The van der Waals surface area contributed by atoms with Crippen LogP contribution < -0.4 is 15.4 Å². The molecule has 0 saturated carbocycles. The predicted molar refractivity (Wildman–Crippen MR) is 124 cm³/mol. The molecule has 5 nitrogen and oxygen atoms in total. The lowest BCUT2D eigenvalue weighted by Gasteiger charge is -2.17. The zero-order valence-corrected chi connectivity index (χ0v) is 18.5. The van der Waals surface area contributed by atoms with Crippen LogP contribution in [-0.2, 0) is 11.3 Å². The van der Waals surface area contributed by atoms with Crippen molar-refractivity contribution in [2.45, 2.75) is 33.4 Å². The van der Waals surface area contributed by atoms with E-state index >= 15 is 0 Å². The zero-order valence-electron chi connectivity index (χ0n) is 17.7. The van der Waals surface area contributed by atoms with Gasteiger partial charge in [-0.15, -0.1) is 0 Å². The number of halogens is 1. The van der Waals surface area contributed by atoms with E-state index in [1.807, 2.05) is 44.2 Å². The molecule has 160 valence electrons. The van der Waals surface area contributed by atoms with Gasteiger partial charge in [0.05, 0.1) is 11.3 Å². The van der Waals surface area contributed by atoms with Crippen LogP contribution in [0, 0.1) is 13.8 Å². The maximum absolute atomic E-state index is 12.7. The van der Waals surface area contributed by atoms with Crippen LogP contribution in [-0.4, -0.2) is 17.9 Å². The molecule has 0 aromatic heterocycles. The van der Waals surface area contributed by atoms with E-state index in [1.165, 1.54) is 0 Å². The van der Waals surface area contributed by atoms with E-state index < -0.39 is 6.10 Å². The Labute approximate surface area is 187 Å². The first-order valence-corrected chi connectivity index (χ1v) is 10.4. The lowest BCUT2D eigenvalue weighted by Crippen LogP contribution is -2.31. The smallest absolute Gasteiger partial charge is 0.265 e. The van der Waals surface area contributed by atoms with Gasteiger partial charge in [-0.1, -0.05) is 54.1 Å². The number of carbonyl (C=O) groups excluding carboxylic acids is 2. The highest BCUT2D eigenvalue weighted by Gasteiger charge is 2.19. The zero-order chi connectivity index (χ0) is 22.4. The molecular formula is C25H25ClN2O3. The summed E-state index contributed by atoms with van der Waals surface area (Å²) in [5.41, 5.74) is 3.57. The van der Waals surface area contributed by atoms with Crippen molar-refractivity contribution in [3.63, 3.8) is 0 Å². The Morgan fingerprint density at radius 2 is 1.58 bits per heavy atom. The minimum Gasteiger partial charge on any atom is -0.481 e. The van der Waals surface area contributed by atoms with Gasteiger partial charge in [0, 0.05) is 11.6 Å². The van der Waals surface area contributed by atoms with Crippen LogP contribution >= 0.6 is 11.6 Å². The quantitative estimate of drug-likeness (QED) is 0.528. The fourth-order valence-corrected chi connectivity index (χ4v) is 3.24. The Hall–Kier alpha value is -3.31. The minimum atomic E-state index is -0.764. The van der Waals surface area contributed by atoms with E-state index in [1.54, 1.807) is 43.3 Å². The maximum atomic E-state index is 12.7. The van der Waals surface area contributed by atoms with Crippen molar-refractivity contribution in [2.75, 3.05) is 5.32 Å². The van der Waals surface area contributed by atoms with Gasteiger partial charge in [0.15, 0.2) is 6.10 Å². The van der Waals surface area contributed by atoms with Gasteiger partial charge in [-0.2, -0.15) is 0 Å². The topological polar surface area (TPSA) is 67.4 Å². The number of carbonyl (C=O) groups is 2. The van der Waals surface area contributed by atoms with Gasteiger partial charge in [0.25, 0.3) is 11.8 Å². The monoisotopic (exact) mass is 436 g/mol. The Balaban J connectivity index is 1.66. The highest BCUT2D eigenvalue weighted by Crippen LogP contribution is 2.26. The van der Waals surface area contributed by atoms with Crippen molar-refractivity contribution in [2.24, 2.45) is 0 Å². The lowest BCUT2D eigenvalue weighted by atomic mass is 10.1. The number of ether oxygens (including phenoxy) is 1. The van der Waals surface area contributed by atoms with E-state index in [9.17, 15) is 9.59 Å². The number of para-hydroxylation sites is 1. The summed E-state index contributed by atoms with van der Waals surface area (Å²) < 4.78 is 5.80. The van der Waals surface area contributed by atoms with Gasteiger partial charge in [0.1, 0.15) is 5.75 Å². The first kappa shape index (κ1) is 22.4. The molecule has 6 heteroatoms. The van der Waals surface area contributed by atoms with Crippen molar-refractivity contribution >= 4 is 29.1 Å². The Bertz CT molecular complexity index is 1060. The number of amides is 2. The summed E-state index contributed by atoms with van der Waals surface area (Å²) in [7, 11) is 0. The summed E-state index contributed by atoms with van der Waals surface area (Å²) in [6.45, 7) is 5.83. The van der Waals surface area contributed by atoms with Crippen LogP contribution in [0.4, 0.5) is 5.69 Å². The molecule has 0 saturated heterocycles. The first-order valence-electron chi connectivity index (χ1n) is 10.0.